The van der Waals surface area contributed by atoms with Crippen molar-refractivity contribution in [2.24, 2.45) is 0 Å². The van der Waals surface area contributed by atoms with Gasteiger partial charge in [0.15, 0.2) is 0 Å². The number of carbonyl (C=O) groups excluding carboxylic acids is 1. The Kier molecular flexibility index (Phi) is 2.86. The van der Waals surface area contributed by atoms with Crippen LogP contribution in [0.5, 0.6) is 0 Å². The van der Waals surface area contributed by atoms with Crippen molar-refractivity contribution < 1.29 is 4.79 Å². The molecule has 0 bridgehead atoms. The van der Waals surface area contributed by atoms with Crippen molar-refractivity contribution >= 4 is 16.8 Å². The van der Waals surface area contributed by atoms with Gasteiger partial charge in [-0.1, -0.05) is 18.2 Å². The van der Waals surface area contributed by atoms with Crippen LogP contribution >= 0.6 is 0 Å². The summed E-state index contributed by atoms with van der Waals surface area (Å²) >= 11 is 0. The van der Waals surface area contributed by atoms with E-state index in [1.807, 2.05) is 44.2 Å². The Hall–Kier alpha value is -1.90. The number of hydrogen-bond donors (Lipinski definition) is 1. The molecule has 0 atom stereocenters. The SMILES string of the molecule is CC(C)NC(=O)c1cnc2ccccc2c1. The Balaban J connectivity index is 2.35. The van der Waals surface area contributed by atoms with Gasteiger partial charge >= 0.3 is 0 Å². The first-order chi connectivity index (χ1) is 7.66. The number of hydrogen-bond acceptors (Lipinski definition) is 2. The van der Waals surface area contributed by atoms with E-state index in [0.29, 0.717) is 5.56 Å². The fourth-order valence-electron chi connectivity index (χ4n) is 1.54. The van der Waals surface area contributed by atoms with E-state index in [-0.39, 0.29) is 11.9 Å². The number of fused-ring (bicyclic) bond motifs is 1. The topological polar surface area (TPSA) is 42.0 Å². The van der Waals surface area contributed by atoms with Crippen LogP contribution in [0.4, 0.5) is 0 Å². The molecule has 82 valence electrons. The zero-order valence-corrected chi connectivity index (χ0v) is 9.40. The van der Waals surface area contributed by atoms with Crippen molar-refractivity contribution in [2.45, 2.75) is 19.9 Å². The zero-order valence-electron chi connectivity index (χ0n) is 9.40. The third kappa shape index (κ3) is 2.19. The van der Waals surface area contributed by atoms with Crippen LogP contribution in [0.2, 0.25) is 0 Å². The summed E-state index contributed by atoms with van der Waals surface area (Å²) in [6, 6.07) is 9.75. The number of benzene rings is 1. The molecular weight excluding hydrogens is 200 g/mol. The Morgan fingerprint density at radius 2 is 2.06 bits per heavy atom. The summed E-state index contributed by atoms with van der Waals surface area (Å²) in [6.07, 6.45) is 1.61. The Bertz CT molecular complexity index is 520. The number of rotatable bonds is 2. The molecule has 16 heavy (non-hydrogen) atoms. The number of nitrogens with one attached hydrogen (secondary N) is 1. The molecule has 0 spiro atoms. The lowest BCUT2D eigenvalue weighted by atomic mass is 10.1. The second-order valence-corrected chi connectivity index (χ2v) is 4.04. The molecule has 1 N–H and O–H groups in total. The van der Waals surface area contributed by atoms with Gasteiger partial charge in [0, 0.05) is 17.6 Å². The Morgan fingerprint density at radius 3 is 2.81 bits per heavy atom. The smallest absolute Gasteiger partial charge is 0.253 e. The molecule has 2 rings (SSSR count). The van der Waals surface area contributed by atoms with E-state index in [1.54, 1.807) is 6.20 Å². The summed E-state index contributed by atoms with van der Waals surface area (Å²) in [5, 5.41) is 3.83. The Morgan fingerprint density at radius 1 is 1.31 bits per heavy atom. The second-order valence-electron chi connectivity index (χ2n) is 4.04. The zero-order chi connectivity index (χ0) is 11.5. The van der Waals surface area contributed by atoms with Crippen LogP contribution in [0.3, 0.4) is 0 Å². The first-order valence-electron chi connectivity index (χ1n) is 5.32. The Labute approximate surface area is 94.5 Å². The molecule has 0 radical (unpaired) electrons. The van der Waals surface area contributed by atoms with Gasteiger partial charge in [-0.15, -0.1) is 0 Å². The predicted molar refractivity (Wildman–Crippen MR) is 64.3 cm³/mol. The van der Waals surface area contributed by atoms with Gasteiger partial charge in [0.1, 0.15) is 0 Å². The van der Waals surface area contributed by atoms with E-state index in [2.05, 4.69) is 10.3 Å². The minimum atomic E-state index is -0.0757. The van der Waals surface area contributed by atoms with E-state index in [1.165, 1.54) is 0 Å². The molecule has 0 fully saturated rings. The number of amides is 1. The van der Waals surface area contributed by atoms with Crippen LogP contribution in [0.15, 0.2) is 36.5 Å². The quantitative estimate of drug-likeness (QED) is 0.833. The molecule has 1 aromatic carbocycles. The lowest BCUT2D eigenvalue weighted by molar-refractivity contribution is 0.0943. The number of aromatic nitrogens is 1. The van der Waals surface area contributed by atoms with E-state index < -0.39 is 0 Å². The molecule has 1 amide bonds. The van der Waals surface area contributed by atoms with Gasteiger partial charge in [-0.3, -0.25) is 9.78 Å². The van der Waals surface area contributed by atoms with E-state index in [0.717, 1.165) is 10.9 Å². The van der Waals surface area contributed by atoms with Crippen molar-refractivity contribution in [3.05, 3.63) is 42.1 Å². The fourth-order valence-corrected chi connectivity index (χ4v) is 1.54. The molecule has 0 aliphatic rings. The van der Waals surface area contributed by atoms with Crippen LogP contribution in [-0.4, -0.2) is 16.9 Å². The van der Waals surface area contributed by atoms with Crippen molar-refractivity contribution in [1.82, 2.24) is 10.3 Å². The summed E-state index contributed by atoms with van der Waals surface area (Å²) in [6.45, 7) is 3.87. The van der Waals surface area contributed by atoms with E-state index >= 15 is 0 Å². The van der Waals surface area contributed by atoms with Gasteiger partial charge in [-0.2, -0.15) is 0 Å². The summed E-state index contributed by atoms with van der Waals surface area (Å²) in [7, 11) is 0. The normalized spacial score (nSPS) is 10.7. The maximum atomic E-state index is 11.7. The average molecular weight is 214 g/mol. The van der Waals surface area contributed by atoms with Crippen LogP contribution < -0.4 is 5.32 Å². The minimum Gasteiger partial charge on any atom is -0.350 e. The molecule has 0 unspecified atom stereocenters. The van der Waals surface area contributed by atoms with Crippen molar-refractivity contribution in [2.75, 3.05) is 0 Å². The van der Waals surface area contributed by atoms with Gasteiger partial charge in [0.2, 0.25) is 0 Å². The molecular formula is C13H14N2O. The number of para-hydroxylation sites is 1. The third-order valence-electron chi connectivity index (χ3n) is 2.27. The fraction of sp³-hybridized carbons (Fsp3) is 0.231. The van der Waals surface area contributed by atoms with Gasteiger partial charge in [0.25, 0.3) is 5.91 Å². The highest BCUT2D eigenvalue weighted by Gasteiger charge is 2.07. The summed E-state index contributed by atoms with van der Waals surface area (Å²) in [5.74, 6) is -0.0757. The van der Waals surface area contributed by atoms with E-state index in [9.17, 15) is 4.79 Å². The molecule has 0 saturated carbocycles. The van der Waals surface area contributed by atoms with Crippen LogP contribution in [-0.2, 0) is 0 Å². The molecule has 0 aliphatic heterocycles. The number of pyridine rings is 1. The van der Waals surface area contributed by atoms with Crippen LogP contribution in [0.25, 0.3) is 10.9 Å². The van der Waals surface area contributed by atoms with Crippen molar-refractivity contribution in [3.63, 3.8) is 0 Å². The molecule has 2 aromatic rings. The number of nitrogens with zero attached hydrogens (tertiary/aromatic N) is 1. The van der Waals surface area contributed by atoms with Crippen LogP contribution in [0.1, 0.15) is 24.2 Å². The lowest BCUT2D eigenvalue weighted by Crippen LogP contribution is -2.30. The standard InChI is InChI=1S/C13H14N2O/c1-9(2)15-13(16)11-7-10-5-3-4-6-12(10)14-8-11/h3-9H,1-2H3,(H,15,16). The highest BCUT2D eigenvalue weighted by molar-refractivity contribution is 5.97. The molecule has 1 heterocycles. The lowest BCUT2D eigenvalue weighted by Gasteiger charge is -2.08. The van der Waals surface area contributed by atoms with Gasteiger partial charge in [-0.25, -0.2) is 0 Å². The summed E-state index contributed by atoms with van der Waals surface area (Å²) in [4.78, 5) is 16.0. The molecule has 3 nitrogen and oxygen atoms in total. The molecule has 0 saturated heterocycles. The summed E-state index contributed by atoms with van der Waals surface area (Å²) in [5.41, 5.74) is 1.51. The predicted octanol–water partition coefficient (Wildman–Crippen LogP) is 2.37. The largest absolute Gasteiger partial charge is 0.350 e. The van der Waals surface area contributed by atoms with Crippen molar-refractivity contribution in [1.29, 1.82) is 0 Å². The maximum Gasteiger partial charge on any atom is 0.253 e. The molecule has 1 aromatic heterocycles. The third-order valence-corrected chi connectivity index (χ3v) is 2.27. The number of carbonyl (C=O) groups is 1. The first kappa shape index (κ1) is 10.6. The highest BCUT2D eigenvalue weighted by Crippen LogP contribution is 2.12. The monoisotopic (exact) mass is 214 g/mol. The first-order valence-corrected chi connectivity index (χ1v) is 5.32. The van der Waals surface area contributed by atoms with Gasteiger partial charge in [0.05, 0.1) is 11.1 Å². The van der Waals surface area contributed by atoms with Crippen molar-refractivity contribution in [3.8, 4) is 0 Å². The van der Waals surface area contributed by atoms with Gasteiger partial charge in [-0.05, 0) is 26.0 Å². The highest BCUT2D eigenvalue weighted by atomic mass is 16.1. The van der Waals surface area contributed by atoms with Gasteiger partial charge < -0.3 is 5.32 Å². The average Bonchev–Trinajstić information content (AvgIpc) is 2.27. The van der Waals surface area contributed by atoms with Crippen LogP contribution in [0, 0.1) is 0 Å². The second kappa shape index (κ2) is 4.31. The maximum absolute atomic E-state index is 11.7. The van der Waals surface area contributed by atoms with E-state index in [4.69, 9.17) is 0 Å². The molecule has 0 aliphatic carbocycles. The minimum absolute atomic E-state index is 0.0757. The molecule has 3 heteroatoms. The summed E-state index contributed by atoms with van der Waals surface area (Å²) < 4.78 is 0.